The van der Waals surface area contributed by atoms with E-state index < -0.39 is 0 Å². The molecule has 1 aliphatic carbocycles. The number of rotatable bonds is 5. The molecule has 1 aromatic heterocycles. The second-order valence-corrected chi connectivity index (χ2v) is 7.25. The van der Waals surface area contributed by atoms with Gasteiger partial charge in [0.2, 0.25) is 0 Å². The van der Waals surface area contributed by atoms with Gasteiger partial charge in [-0.2, -0.15) is 4.98 Å². The molecule has 0 unspecified atom stereocenters. The highest BCUT2D eigenvalue weighted by atomic mass is 16.5. The Balaban J connectivity index is 0.000000439. The summed E-state index contributed by atoms with van der Waals surface area (Å²) in [6.07, 6.45) is 8.22. The molecule has 0 aromatic carbocycles. The van der Waals surface area contributed by atoms with E-state index in [0.29, 0.717) is 29.4 Å². The van der Waals surface area contributed by atoms with E-state index >= 15 is 0 Å². The number of nitrogens with zero attached hydrogens (tertiary/aromatic N) is 4. The van der Waals surface area contributed by atoms with Crippen molar-refractivity contribution in [1.82, 2.24) is 19.8 Å². The fourth-order valence-electron chi connectivity index (χ4n) is 3.09. The molecule has 0 atom stereocenters. The topological polar surface area (TPSA) is 83.9 Å². The molecular weight excluding hydrogens is 408 g/mol. The van der Waals surface area contributed by atoms with Crippen LogP contribution in [0.5, 0.6) is 6.01 Å². The molecule has 9 nitrogen and oxygen atoms in total. The molecule has 32 heavy (non-hydrogen) atoms. The molecule has 0 saturated carbocycles. The summed E-state index contributed by atoms with van der Waals surface area (Å²) in [4.78, 5) is 21.1. The van der Waals surface area contributed by atoms with Gasteiger partial charge in [-0.15, -0.1) is 0 Å². The van der Waals surface area contributed by atoms with Crippen LogP contribution >= 0.6 is 0 Å². The van der Waals surface area contributed by atoms with Crippen molar-refractivity contribution in [3.05, 3.63) is 46.2 Å². The van der Waals surface area contributed by atoms with Crippen LogP contribution in [0.25, 0.3) is 0 Å². The standard InChI is InChI=1S/C18H22N4O3.C5H12N2/c1-6-12-21(3)15-16(19-2)20-18(22(4)17(15)23)25-14-11-9-7-8-10-13(14)24-5;1-7-4-2-6-3-5-7/h7-8,10-11,19H,9H2,1-5H3;6H,2-5H2,1H3. The van der Waals surface area contributed by atoms with E-state index in [4.69, 9.17) is 9.47 Å². The first kappa shape index (κ1) is 25.0. The summed E-state index contributed by atoms with van der Waals surface area (Å²) in [6, 6.07) is 2.99. The van der Waals surface area contributed by atoms with Crippen LogP contribution in [0.1, 0.15) is 13.3 Å². The van der Waals surface area contributed by atoms with Crippen LogP contribution in [-0.4, -0.2) is 68.9 Å². The maximum atomic E-state index is 12.8. The molecule has 1 fully saturated rings. The average molecular weight is 443 g/mol. The normalized spacial score (nSPS) is 15.7. The van der Waals surface area contributed by atoms with E-state index in [0.717, 1.165) is 13.1 Å². The Hall–Kier alpha value is -3.22. The second kappa shape index (κ2) is 12.6. The Bertz CT molecular complexity index is 978. The van der Waals surface area contributed by atoms with Crippen LogP contribution in [0.3, 0.4) is 0 Å². The van der Waals surface area contributed by atoms with Crippen LogP contribution in [0.15, 0.2) is 40.6 Å². The van der Waals surface area contributed by atoms with Crippen LogP contribution in [0, 0.1) is 12.0 Å². The number of hydrogen-bond acceptors (Lipinski definition) is 8. The Morgan fingerprint density at radius 2 is 1.97 bits per heavy atom. The maximum Gasteiger partial charge on any atom is 0.306 e. The molecule has 9 heteroatoms. The van der Waals surface area contributed by atoms with E-state index in [2.05, 4.69) is 39.5 Å². The molecule has 0 bridgehead atoms. The largest absolute Gasteiger partial charge is 0.493 e. The lowest BCUT2D eigenvalue weighted by Gasteiger charge is -2.21. The van der Waals surface area contributed by atoms with Gasteiger partial charge in [-0.05, 0) is 32.5 Å². The molecule has 174 valence electrons. The third kappa shape index (κ3) is 6.64. The Morgan fingerprint density at radius 1 is 1.25 bits per heavy atom. The molecular formula is C23H34N6O3. The summed E-state index contributed by atoms with van der Waals surface area (Å²) in [5.41, 5.74) is 0.0839. The van der Waals surface area contributed by atoms with Gasteiger partial charge in [-0.1, -0.05) is 18.1 Å². The van der Waals surface area contributed by atoms with E-state index in [1.54, 1.807) is 46.2 Å². The number of nitrogens with one attached hydrogen (secondary N) is 2. The van der Waals surface area contributed by atoms with Gasteiger partial charge in [0.1, 0.15) is 0 Å². The molecule has 2 N–H and O–H groups in total. The van der Waals surface area contributed by atoms with Gasteiger partial charge in [-0.25, -0.2) is 0 Å². The van der Waals surface area contributed by atoms with Crippen molar-refractivity contribution < 1.29 is 9.47 Å². The predicted octanol–water partition coefficient (Wildman–Crippen LogP) is 1.51. The lowest BCUT2D eigenvalue weighted by Crippen LogP contribution is -2.40. The lowest BCUT2D eigenvalue weighted by atomic mass is 10.3. The third-order valence-electron chi connectivity index (χ3n) is 4.91. The van der Waals surface area contributed by atoms with E-state index in [9.17, 15) is 4.79 Å². The number of ether oxygens (including phenoxy) is 2. The van der Waals surface area contributed by atoms with E-state index in [1.165, 1.54) is 17.7 Å². The van der Waals surface area contributed by atoms with Crippen LogP contribution in [0.2, 0.25) is 0 Å². The number of methoxy groups -OCH3 is 1. The number of aromatic nitrogens is 2. The van der Waals surface area contributed by atoms with Crippen molar-refractivity contribution >= 4 is 11.5 Å². The molecule has 1 aromatic rings. The van der Waals surface area contributed by atoms with E-state index in [1.807, 2.05) is 18.2 Å². The van der Waals surface area contributed by atoms with Crippen molar-refractivity contribution in [3.63, 3.8) is 0 Å². The minimum Gasteiger partial charge on any atom is -0.493 e. The van der Waals surface area contributed by atoms with Crippen molar-refractivity contribution in [2.45, 2.75) is 13.3 Å². The third-order valence-corrected chi connectivity index (χ3v) is 4.91. The molecule has 0 amide bonds. The zero-order valence-electron chi connectivity index (χ0n) is 19.9. The summed E-state index contributed by atoms with van der Waals surface area (Å²) in [7, 11) is 8.72. The average Bonchev–Trinajstić information content (AvgIpc) is 3.02. The number of allylic oxidation sites excluding steroid dienone is 4. The van der Waals surface area contributed by atoms with Gasteiger partial charge in [0, 0.05) is 53.4 Å². The van der Waals surface area contributed by atoms with Crippen LogP contribution in [-0.2, 0) is 11.8 Å². The first-order valence-electron chi connectivity index (χ1n) is 10.6. The number of anilines is 2. The maximum absolute atomic E-state index is 12.8. The van der Waals surface area contributed by atoms with Gasteiger partial charge in [0.25, 0.3) is 5.56 Å². The second-order valence-electron chi connectivity index (χ2n) is 7.25. The van der Waals surface area contributed by atoms with Crippen molar-refractivity contribution in [1.29, 1.82) is 0 Å². The zero-order chi connectivity index (χ0) is 23.5. The monoisotopic (exact) mass is 442 g/mol. The summed E-state index contributed by atoms with van der Waals surface area (Å²) in [6.45, 7) is 6.45. The summed E-state index contributed by atoms with van der Waals surface area (Å²) >= 11 is 0. The molecule has 1 aliphatic heterocycles. The molecule has 1 saturated heterocycles. The van der Waals surface area contributed by atoms with Crippen molar-refractivity contribution in [3.8, 4) is 18.0 Å². The lowest BCUT2D eigenvalue weighted by molar-refractivity contribution is 0.253. The molecule has 2 aliphatic rings. The van der Waals surface area contributed by atoms with Gasteiger partial charge in [-0.3, -0.25) is 14.3 Å². The summed E-state index contributed by atoms with van der Waals surface area (Å²) in [5.74, 6) is 4.22. The van der Waals surface area contributed by atoms with Crippen molar-refractivity contribution in [2.75, 3.05) is 64.6 Å². The first-order chi connectivity index (χ1) is 15.4. The minimum atomic E-state index is -0.269. The highest BCUT2D eigenvalue weighted by Crippen LogP contribution is 2.24. The Morgan fingerprint density at radius 3 is 2.53 bits per heavy atom. The van der Waals surface area contributed by atoms with Crippen molar-refractivity contribution in [2.24, 2.45) is 7.05 Å². The first-order valence-corrected chi connectivity index (χ1v) is 10.6. The van der Waals surface area contributed by atoms with Gasteiger partial charge >= 0.3 is 6.01 Å². The molecule has 0 spiro atoms. The zero-order valence-corrected chi connectivity index (χ0v) is 19.9. The number of piperazine rings is 1. The Labute approximate surface area is 190 Å². The van der Waals surface area contributed by atoms with Crippen LogP contribution < -0.4 is 25.8 Å². The highest BCUT2D eigenvalue weighted by molar-refractivity contribution is 5.67. The fourth-order valence-corrected chi connectivity index (χ4v) is 3.09. The summed E-state index contributed by atoms with van der Waals surface area (Å²) < 4.78 is 12.6. The van der Waals surface area contributed by atoms with Gasteiger partial charge < -0.3 is 25.0 Å². The van der Waals surface area contributed by atoms with Gasteiger partial charge in [0.05, 0.1) is 7.11 Å². The molecule has 3 rings (SSSR count). The predicted molar refractivity (Wildman–Crippen MR) is 129 cm³/mol. The highest BCUT2D eigenvalue weighted by Gasteiger charge is 2.20. The fraction of sp³-hybridized carbons (Fsp3) is 0.478. The summed E-state index contributed by atoms with van der Waals surface area (Å²) in [5, 5.41) is 6.20. The van der Waals surface area contributed by atoms with Gasteiger partial charge in [0.15, 0.2) is 23.0 Å². The SMILES string of the molecule is CC#CN(C)c1c(NC)nc(OC2=CCC=CC=C2OC)n(C)c1=O.CN1CCNCC1. The van der Waals surface area contributed by atoms with Crippen LogP contribution in [0.4, 0.5) is 11.5 Å². The molecule has 2 heterocycles. The smallest absolute Gasteiger partial charge is 0.306 e. The minimum absolute atomic E-state index is 0.159. The van der Waals surface area contributed by atoms with E-state index in [-0.39, 0.29) is 11.6 Å². The number of hydrogen-bond donors (Lipinski definition) is 2. The quantitative estimate of drug-likeness (QED) is 0.525. The number of likely N-dealkylation sites (N-methyl/N-ethyl adjacent to an activating group) is 1. The molecule has 0 radical (unpaired) electrons. The Kier molecular flexibility index (Phi) is 9.85.